The van der Waals surface area contributed by atoms with Gasteiger partial charge in [0, 0.05) is 23.8 Å². The van der Waals surface area contributed by atoms with E-state index in [2.05, 4.69) is 15.5 Å². The van der Waals surface area contributed by atoms with Crippen molar-refractivity contribution in [3.05, 3.63) is 59.4 Å². The van der Waals surface area contributed by atoms with E-state index in [0.29, 0.717) is 27.4 Å². The summed E-state index contributed by atoms with van der Waals surface area (Å²) >= 11 is 7.23. The number of ether oxygens (including phenoxy) is 2. The van der Waals surface area contributed by atoms with E-state index in [1.165, 1.54) is 11.8 Å². The minimum absolute atomic E-state index is 0.150. The van der Waals surface area contributed by atoms with Gasteiger partial charge < -0.3 is 19.4 Å². The summed E-state index contributed by atoms with van der Waals surface area (Å²) in [6, 6.07) is 14.4. The molecular weight excluding hydrogens is 412 g/mol. The summed E-state index contributed by atoms with van der Waals surface area (Å²) in [4.78, 5) is 12.2. The number of nitrogens with zero attached hydrogens (tertiary/aromatic N) is 3. The van der Waals surface area contributed by atoms with Crippen molar-refractivity contribution < 1.29 is 14.3 Å². The second-order valence-corrected chi connectivity index (χ2v) is 7.56. The van der Waals surface area contributed by atoms with Crippen molar-refractivity contribution in [3.63, 3.8) is 0 Å². The van der Waals surface area contributed by atoms with Gasteiger partial charge >= 0.3 is 0 Å². The molecule has 3 rings (SSSR count). The maximum atomic E-state index is 12.2. The number of benzene rings is 2. The van der Waals surface area contributed by atoms with E-state index in [0.717, 1.165) is 5.75 Å². The molecule has 0 spiro atoms. The van der Waals surface area contributed by atoms with Crippen LogP contribution in [0.4, 0.5) is 5.69 Å². The number of nitrogens with one attached hydrogen (secondary N) is 1. The van der Waals surface area contributed by atoms with Crippen LogP contribution in [-0.2, 0) is 11.8 Å². The van der Waals surface area contributed by atoms with E-state index in [1.807, 2.05) is 42.8 Å². The predicted molar refractivity (Wildman–Crippen MR) is 114 cm³/mol. The van der Waals surface area contributed by atoms with Gasteiger partial charge in [-0.2, -0.15) is 0 Å². The highest BCUT2D eigenvalue weighted by Crippen LogP contribution is 2.26. The number of carbonyl (C=O) groups excluding carboxylic acids is 1. The molecule has 7 nitrogen and oxygen atoms in total. The topological polar surface area (TPSA) is 78.3 Å². The lowest BCUT2D eigenvalue weighted by atomic mass is 10.3. The standard InChI is InChI=1S/C20H21ClN4O3S/c1-13(28-17-9-5-8-16(11-17)27-3)19-23-24-20(25(19)2)29-12-18(26)22-15-7-4-6-14(21)10-15/h4-11,13H,12H2,1-3H3,(H,22,26). The Morgan fingerprint density at radius 2 is 1.97 bits per heavy atom. The molecule has 0 aliphatic heterocycles. The number of amides is 1. The van der Waals surface area contributed by atoms with Gasteiger partial charge in [-0.15, -0.1) is 10.2 Å². The first-order valence-corrected chi connectivity index (χ1v) is 10.2. The van der Waals surface area contributed by atoms with E-state index in [4.69, 9.17) is 21.1 Å². The number of halogens is 1. The number of methoxy groups -OCH3 is 1. The van der Waals surface area contributed by atoms with Crippen molar-refractivity contribution in [1.82, 2.24) is 14.8 Å². The molecule has 1 heterocycles. The van der Waals surface area contributed by atoms with E-state index < -0.39 is 0 Å². The monoisotopic (exact) mass is 432 g/mol. The molecule has 1 atom stereocenters. The highest BCUT2D eigenvalue weighted by atomic mass is 35.5. The molecule has 1 amide bonds. The lowest BCUT2D eigenvalue weighted by Gasteiger charge is -2.14. The maximum absolute atomic E-state index is 12.2. The van der Waals surface area contributed by atoms with Crippen molar-refractivity contribution in [2.24, 2.45) is 7.05 Å². The van der Waals surface area contributed by atoms with Crippen LogP contribution >= 0.6 is 23.4 Å². The fourth-order valence-electron chi connectivity index (χ4n) is 2.63. The lowest BCUT2D eigenvalue weighted by molar-refractivity contribution is -0.113. The van der Waals surface area contributed by atoms with Gasteiger partial charge in [-0.05, 0) is 37.3 Å². The molecule has 0 bridgehead atoms. The Labute approximate surface area is 178 Å². The number of thioether (sulfide) groups is 1. The molecule has 0 radical (unpaired) electrons. The zero-order valence-corrected chi connectivity index (χ0v) is 17.8. The van der Waals surface area contributed by atoms with Crippen LogP contribution < -0.4 is 14.8 Å². The Morgan fingerprint density at radius 3 is 2.72 bits per heavy atom. The minimum Gasteiger partial charge on any atom is -0.497 e. The highest BCUT2D eigenvalue weighted by Gasteiger charge is 2.18. The Morgan fingerprint density at radius 1 is 1.21 bits per heavy atom. The molecule has 0 aliphatic carbocycles. The van der Waals surface area contributed by atoms with Crippen LogP contribution in [0.2, 0.25) is 5.02 Å². The van der Waals surface area contributed by atoms with Gasteiger partial charge in [0.25, 0.3) is 0 Å². The van der Waals surface area contributed by atoms with Crippen LogP contribution in [0, 0.1) is 0 Å². The molecule has 1 unspecified atom stereocenters. The molecule has 152 valence electrons. The summed E-state index contributed by atoms with van der Waals surface area (Å²) < 4.78 is 13.0. The summed E-state index contributed by atoms with van der Waals surface area (Å²) in [5.74, 6) is 2.10. The Bertz CT molecular complexity index is 995. The third-order valence-corrected chi connectivity index (χ3v) is 5.28. The van der Waals surface area contributed by atoms with Crippen LogP contribution in [0.1, 0.15) is 18.9 Å². The van der Waals surface area contributed by atoms with Gasteiger partial charge in [0.05, 0.1) is 12.9 Å². The summed E-state index contributed by atoms with van der Waals surface area (Å²) in [6.45, 7) is 1.89. The van der Waals surface area contributed by atoms with E-state index in [1.54, 1.807) is 31.4 Å². The molecule has 0 saturated carbocycles. The van der Waals surface area contributed by atoms with Crippen molar-refractivity contribution in [2.75, 3.05) is 18.2 Å². The summed E-state index contributed by atoms with van der Waals surface area (Å²) in [6.07, 6.45) is -0.325. The molecule has 1 aromatic heterocycles. The van der Waals surface area contributed by atoms with Crippen LogP contribution in [0.3, 0.4) is 0 Å². The highest BCUT2D eigenvalue weighted by molar-refractivity contribution is 7.99. The van der Waals surface area contributed by atoms with Crippen LogP contribution in [0.25, 0.3) is 0 Å². The van der Waals surface area contributed by atoms with Crippen LogP contribution in [0.5, 0.6) is 11.5 Å². The first kappa shape index (κ1) is 21.0. The summed E-state index contributed by atoms with van der Waals surface area (Å²) in [5, 5.41) is 12.4. The first-order chi connectivity index (χ1) is 14.0. The van der Waals surface area contributed by atoms with E-state index in [-0.39, 0.29) is 17.8 Å². The smallest absolute Gasteiger partial charge is 0.234 e. The molecule has 0 fully saturated rings. The SMILES string of the molecule is COc1cccc(OC(C)c2nnc(SCC(=O)Nc3cccc(Cl)c3)n2C)c1. The lowest BCUT2D eigenvalue weighted by Crippen LogP contribution is -2.14. The number of carbonyl (C=O) groups is 1. The minimum atomic E-state index is -0.325. The zero-order chi connectivity index (χ0) is 20.8. The predicted octanol–water partition coefficient (Wildman–Crippen LogP) is 4.35. The van der Waals surface area contributed by atoms with Gasteiger partial charge in [-0.25, -0.2) is 0 Å². The zero-order valence-electron chi connectivity index (χ0n) is 16.3. The molecule has 2 aromatic carbocycles. The summed E-state index contributed by atoms with van der Waals surface area (Å²) in [7, 11) is 3.45. The Balaban J connectivity index is 1.59. The van der Waals surface area contributed by atoms with Crippen molar-refractivity contribution >= 4 is 35.0 Å². The second kappa shape index (κ2) is 9.67. The molecule has 0 saturated heterocycles. The van der Waals surface area contributed by atoms with E-state index in [9.17, 15) is 4.79 Å². The molecular formula is C20H21ClN4O3S. The number of anilines is 1. The second-order valence-electron chi connectivity index (χ2n) is 6.19. The van der Waals surface area contributed by atoms with Gasteiger partial charge in [0.2, 0.25) is 5.91 Å². The molecule has 29 heavy (non-hydrogen) atoms. The number of hydrogen-bond acceptors (Lipinski definition) is 6. The third-order valence-electron chi connectivity index (χ3n) is 4.03. The Hall–Kier alpha value is -2.71. The quantitative estimate of drug-likeness (QED) is 0.533. The van der Waals surface area contributed by atoms with E-state index >= 15 is 0 Å². The summed E-state index contributed by atoms with van der Waals surface area (Å²) in [5.41, 5.74) is 0.655. The number of hydrogen-bond donors (Lipinski definition) is 1. The molecule has 3 aromatic rings. The first-order valence-electron chi connectivity index (χ1n) is 8.84. The normalized spacial score (nSPS) is 11.7. The average Bonchev–Trinajstić information content (AvgIpc) is 3.07. The maximum Gasteiger partial charge on any atom is 0.234 e. The largest absolute Gasteiger partial charge is 0.497 e. The molecule has 1 N–H and O–H groups in total. The van der Waals surface area contributed by atoms with Gasteiger partial charge in [0.15, 0.2) is 17.1 Å². The molecule has 9 heteroatoms. The van der Waals surface area contributed by atoms with Crippen molar-refractivity contribution in [3.8, 4) is 11.5 Å². The van der Waals surface area contributed by atoms with Gasteiger partial charge in [-0.1, -0.05) is 35.5 Å². The average molecular weight is 433 g/mol. The van der Waals surface area contributed by atoms with Crippen molar-refractivity contribution in [2.45, 2.75) is 18.2 Å². The van der Waals surface area contributed by atoms with Gasteiger partial charge in [-0.3, -0.25) is 4.79 Å². The van der Waals surface area contributed by atoms with Crippen LogP contribution in [-0.4, -0.2) is 33.5 Å². The van der Waals surface area contributed by atoms with Crippen molar-refractivity contribution in [1.29, 1.82) is 0 Å². The fraction of sp³-hybridized carbons (Fsp3) is 0.250. The fourth-order valence-corrected chi connectivity index (χ4v) is 3.54. The molecule has 0 aliphatic rings. The van der Waals surface area contributed by atoms with Crippen LogP contribution in [0.15, 0.2) is 53.7 Å². The number of aromatic nitrogens is 3. The van der Waals surface area contributed by atoms with Gasteiger partial charge in [0.1, 0.15) is 11.5 Å². The Kier molecular flexibility index (Phi) is 7.00. The number of rotatable bonds is 8. The third kappa shape index (κ3) is 5.65.